The SMILES string of the molecule is COc1ccc(Cn2cnc3c2CCCC3)cc1[N+](=O)[O-]. The number of imidazole rings is 1. The predicted octanol–water partition coefficient (Wildman–Crippen LogP) is 2.73. The maximum Gasteiger partial charge on any atom is 0.311 e. The van der Waals surface area contributed by atoms with Gasteiger partial charge in [0.2, 0.25) is 0 Å². The number of hydrogen-bond donors (Lipinski definition) is 0. The maximum atomic E-state index is 11.1. The molecular formula is C15H17N3O3. The highest BCUT2D eigenvalue weighted by Crippen LogP contribution is 2.28. The topological polar surface area (TPSA) is 70.2 Å². The zero-order chi connectivity index (χ0) is 14.8. The summed E-state index contributed by atoms with van der Waals surface area (Å²) in [6.07, 6.45) is 6.28. The van der Waals surface area contributed by atoms with Crippen molar-refractivity contribution in [3.05, 3.63) is 51.6 Å². The van der Waals surface area contributed by atoms with Crippen LogP contribution in [0.2, 0.25) is 0 Å². The van der Waals surface area contributed by atoms with Gasteiger partial charge in [-0.2, -0.15) is 0 Å². The van der Waals surface area contributed by atoms with Gasteiger partial charge in [0.15, 0.2) is 5.75 Å². The monoisotopic (exact) mass is 287 g/mol. The van der Waals surface area contributed by atoms with E-state index < -0.39 is 4.92 Å². The van der Waals surface area contributed by atoms with Crippen LogP contribution >= 0.6 is 0 Å². The molecule has 6 nitrogen and oxygen atoms in total. The quantitative estimate of drug-likeness (QED) is 0.640. The molecule has 0 amide bonds. The molecule has 0 fully saturated rings. The molecule has 0 atom stereocenters. The van der Waals surface area contributed by atoms with Crippen molar-refractivity contribution >= 4 is 5.69 Å². The Labute approximate surface area is 122 Å². The van der Waals surface area contributed by atoms with Crippen molar-refractivity contribution in [2.75, 3.05) is 7.11 Å². The van der Waals surface area contributed by atoms with Gasteiger partial charge in [-0.05, 0) is 37.3 Å². The highest BCUT2D eigenvalue weighted by molar-refractivity contribution is 5.48. The van der Waals surface area contributed by atoms with E-state index in [0.29, 0.717) is 6.54 Å². The molecule has 21 heavy (non-hydrogen) atoms. The number of fused-ring (bicyclic) bond motifs is 1. The van der Waals surface area contributed by atoms with Crippen LogP contribution in [0, 0.1) is 10.1 Å². The highest BCUT2D eigenvalue weighted by atomic mass is 16.6. The van der Waals surface area contributed by atoms with Crippen molar-refractivity contribution in [1.82, 2.24) is 9.55 Å². The summed E-state index contributed by atoms with van der Waals surface area (Å²) >= 11 is 0. The van der Waals surface area contributed by atoms with Crippen molar-refractivity contribution < 1.29 is 9.66 Å². The molecule has 2 aromatic rings. The molecule has 1 aliphatic carbocycles. The van der Waals surface area contributed by atoms with E-state index in [1.54, 1.807) is 12.1 Å². The molecule has 0 saturated carbocycles. The first-order chi connectivity index (χ1) is 10.2. The number of nitro benzene ring substituents is 1. The van der Waals surface area contributed by atoms with Crippen LogP contribution in [0.3, 0.4) is 0 Å². The lowest BCUT2D eigenvalue weighted by atomic mass is 10.0. The van der Waals surface area contributed by atoms with Crippen LogP contribution < -0.4 is 4.74 Å². The van der Waals surface area contributed by atoms with E-state index in [0.717, 1.165) is 18.4 Å². The first-order valence-electron chi connectivity index (χ1n) is 7.03. The fourth-order valence-electron chi connectivity index (χ4n) is 2.84. The Morgan fingerprint density at radius 3 is 2.95 bits per heavy atom. The lowest BCUT2D eigenvalue weighted by molar-refractivity contribution is -0.385. The molecule has 0 saturated heterocycles. The smallest absolute Gasteiger partial charge is 0.311 e. The van der Waals surface area contributed by atoms with Gasteiger partial charge in [-0.25, -0.2) is 4.98 Å². The van der Waals surface area contributed by atoms with Gasteiger partial charge >= 0.3 is 5.69 Å². The summed E-state index contributed by atoms with van der Waals surface area (Å²) in [5.41, 5.74) is 3.32. The number of rotatable bonds is 4. The molecular weight excluding hydrogens is 270 g/mol. The Morgan fingerprint density at radius 2 is 2.19 bits per heavy atom. The molecule has 0 unspecified atom stereocenters. The third kappa shape index (κ3) is 2.61. The van der Waals surface area contributed by atoms with Gasteiger partial charge in [0.05, 0.1) is 24.1 Å². The van der Waals surface area contributed by atoms with Gasteiger partial charge in [-0.1, -0.05) is 6.07 Å². The number of benzene rings is 1. The van der Waals surface area contributed by atoms with Gasteiger partial charge in [0.25, 0.3) is 0 Å². The van der Waals surface area contributed by atoms with E-state index in [1.165, 1.54) is 31.3 Å². The lowest BCUT2D eigenvalue weighted by Gasteiger charge is -2.14. The Balaban J connectivity index is 1.90. The first-order valence-corrected chi connectivity index (χ1v) is 7.03. The van der Waals surface area contributed by atoms with Crippen molar-refractivity contribution in [2.24, 2.45) is 0 Å². The molecule has 0 N–H and O–H groups in total. The first kappa shape index (κ1) is 13.6. The summed E-state index contributed by atoms with van der Waals surface area (Å²) in [5.74, 6) is 0.288. The number of aromatic nitrogens is 2. The Kier molecular flexibility index (Phi) is 3.60. The molecule has 110 valence electrons. The van der Waals surface area contributed by atoms with E-state index in [9.17, 15) is 10.1 Å². The average molecular weight is 287 g/mol. The van der Waals surface area contributed by atoms with Crippen LogP contribution in [-0.4, -0.2) is 21.6 Å². The molecule has 1 aliphatic rings. The van der Waals surface area contributed by atoms with Crippen molar-refractivity contribution in [1.29, 1.82) is 0 Å². The molecule has 0 bridgehead atoms. The number of ether oxygens (including phenoxy) is 1. The molecule has 1 aromatic heterocycles. The number of aryl methyl sites for hydroxylation is 1. The largest absolute Gasteiger partial charge is 0.490 e. The van der Waals surface area contributed by atoms with E-state index in [1.807, 2.05) is 12.4 Å². The third-order valence-corrected chi connectivity index (χ3v) is 3.90. The second-order valence-corrected chi connectivity index (χ2v) is 5.24. The minimum Gasteiger partial charge on any atom is -0.490 e. The molecule has 0 radical (unpaired) electrons. The minimum absolute atomic E-state index is 0.00369. The minimum atomic E-state index is -0.411. The summed E-state index contributed by atoms with van der Waals surface area (Å²) in [6.45, 7) is 0.604. The summed E-state index contributed by atoms with van der Waals surface area (Å²) < 4.78 is 7.12. The van der Waals surface area contributed by atoms with E-state index in [-0.39, 0.29) is 11.4 Å². The van der Waals surface area contributed by atoms with E-state index in [2.05, 4.69) is 9.55 Å². The lowest BCUT2D eigenvalue weighted by Crippen LogP contribution is -2.09. The van der Waals surface area contributed by atoms with E-state index >= 15 is 0 Å². The van der Waals surface area contributed by atoms with Crippen molar-refractivity contribution in [2.45, 2.75) is 32.2 Å². The number of methoxy groups -OCH3 is 1. The zero-order valence-electron chi connectivity index (χ0n) is 11.9. The van der Waals surface area contributed by atoms with Gasteiger partial charge in [0, 0.05) is 18.3 Å². The van der Waals surface area contributed by atoms with Gasteiger partial charge in [0.1, 0.15) is 0 Å². The van der Waals surface area contributed by atoms with Crippen LogP contribution in [0.4, 0.5) is 5.69 Å². The third-order valence-electron chi connectivity index (χ3n) is 3.90. The standard InChI is InChI=1S/C15H17N3O3/c1-21-15-7-6-11(8-14(15)18(19)20)9-17-10-16-12-4-2-3-5-13(12)17/h6-8,10H,2-5,9H2,1H3. The summed E-state index contributed by atoms with van der Waals surface area (Å²) in [7, 11) is 1.44. The molecule has 0 spiro atoms. The second kappa shape index (κ2) is 5.55. The molecule has 6 heteroatoms. The summed E-state index contributed by atoms with van der Waals surface area (Å²) in [5, 5.41) is 11.1. The molecule has 1 heterocycles. The fourth-order valence-corrected chi connectivity index (χ4v) is 2.84. The Bertz CT molecular complexity index is 679. The van der Waals surface area contributed by atoms with Crippen molar-refractivity contribution in [3.8, 4) is 5.75 Å². The molecule has 3 rings (SSSR count). The van der Waals surface area contributed by atoms with Crippen LogP contribution in [0.25, 0.3) is 0 Å². The molecule has 0 aliphatic heterocycles. The fraction of sp³-hybridized carbons (Fsp3) is 0.400. The molecule has 1 aromatic carbocycles. The van der Waals surface area contributed by atoms with Crippen LogP contribution in [0.1, 0.15) is 29.8 Å². The average Bonchev–Trinajstić information content (AvgIpc) is 2.90. The van der Waals surface area contributed by atoms with Gasteiger partial charge in [-0.15, -0.1) is 0 Å². The summed E-state index contributed by atoms with van der Waals surface area (Å²) in [4.78, 5) is 15.1. The predicted molar refractivity (Wildman–Crippen MR) is 77.6 cm³/mol. The van der Waals surface area contributed by atoms with Crippen LogP contribution in [0.15, 0.2) is 24.5 Å². The second-order valence-electron chi connectivity index (χ2n) is 5.24. The van der Waals surface area contributed by atoms with E-state index in [4.69, 9.17) is 4.74 Å². The number of hydrogen-bond acceptors (Lipinski definition) is 4. The Hall–Kier alpha value is -2.37. The highest BCUT2D eigenvalue weighted by Gasteiger charge is 2.18. The van der Waals surface area contributed by atoms with Gasteiger partial charge in [-0.3, -0.25) is 10.1 Å². The number of nitro groups is 1. The maximum absolute atomic E-state index is 11.1. The van der Waals surface area contributed by atoms with Crippen molar-refractivity contribution in [3.63, 3.8) is 0 Å². The Morgan fingerprint density at radius 1 is 1.38 bits per heavy atom. The zero-order valence-corrected chi connectivity index (χ0v) is 11.9. The summed E-state index contributed by atoms with van der Waals surface area (Å²) in [6, 6.07) is 5.09. The normalized spacial score (nSPS) is 13.8. The number of nitrogens with zero attached hydrogens (tertiary/aromatic N) is 3. The van der Waals surface area contributed by atoms with Crippen LogP contribution in [0.5, 0.6) is 5.75 Å². The van der Waals surface area contributed by atoms with Crippen LogP contribution in [-0.2, 0) is 19.4 Å². The van der Waals surface area contributed by atoms with Gasteiger partial charge < -0.3 is 9.30 Å².